The minimum atomic E-state index is -4.73. The van der Waals surface area contributed by atoms with Crippen LogP contribution in [0.15, 0.2) is 0 Å². The highest BCUT2D eigenvalue weighted by molar-refractivity contribution is 7.46. The zero-order valence-corrected chi connectivity index (χ0v) is 24.5. The van der Waals surface area contributed by atoms with Crippen molar-refractivity contribution in [3.63, 3.8) is 0 Å². The summed E-state index contributed by atoms with van der Waals surface area (Å²) in [7, 11) is -4.73. The van der Waals surface area contributed by atoms with Gasteiger partial charge in [-0.1, -0.05) is 123 Å². The summed E-state index contributed by atoms with van der Waals surface area (Å²) < 4.78 is 26.0. The van der Waals surface area contributed by atoms with Crippen LogP contribution in [-0.2, 0) is 28.2 Å². The second kappa shape index (κ2) is 25.3. The smallest absolute Gasteiger partial charge is 0.462 e. The van der Waals surface area contributed by atoms with Crippen molar-refractivity contribution in [3.05, 3.63) is 0 Å². The van der Waals surface area contributed by atoms with Crippen LogP contribution in [-0.4, -0.2) is 41.0 Å². The second-order valence-electron chi connectivity index (χ2n) is 10.1. The van der Waals surface area contributed by atoms with Gasteiger partial charge >= 0.3 is 19.8 Å². The molecule has 1 atom stereocenters. The maximum Gasteiger partial charge on any atom is 0.469 e. The first-order valence-corrected chi connectivity index (χ1v) is 16.4. The Bertz CT molecular complexity index is 593. The number of carbonyl (C=O) groups is 2. The Balaban J connectivity index is 4.06. The van der Waals surface area contributed by atoms with Crippen molar-refractivity contribution in [2.75, 3.05) is 13.2 Å². The van der Waals surface area contributed by atoms with Crippen molar-refractivity contribution in [2.24, 2.45) is 0 Å². The molecule has 0 amide bonds. The van der Waals surface area contributed by atoms with E-state index in [-0.39, 0.29) is 19.4 Å². The molecule has 0 aromatic rings. The van der Waals surface area contributed by atoms with Gasteiger partial charge in [0, 0.05) is 12.8 Å². The van der Waals surface area contributed by atoms with Crippen molar-refractivity contribution in [2.45, 2.75) is 155 Å². The summed E-state index contributed by atoms with van der Waals surface area (Å²) in [5.74, 6) is -0.886. The lowest BCUT2D eigenvalue weighted by atomic mass is 10.1. The average molecular weight is 551 g/mol. The van der Waals surface area contributed by atoms with E-state index in [0.29, 0.717) is 6.42 Å². The van der Waals surface area contributed by atoms with Crippen molar-refractivity contribution in [3.8, 4) is 0 Å². The van der Waals surface area contributed by atoms with Crippen molar-refractivity contribution in [1.82, 2.24) is 0 Å². The van der Waals surface area contributed by atoms with Gasteiger partial charge in [0.05, 0.1) is 6.61 Å². The normalized spacial score (nSPS) is 12.4. The Hall–Kier alpha value is -0.950. The molecule has 0 fully saturated rings. The van der Waals surface area contributed by atoms with Gasteiger partial charge in [-0.15, -0.1) is 0 Å². The van der Waals surface area contributed by atoms with Crippen LogP contribution in [0.1, 0.15) is 149 Å². The van der Waals surface area contributed by atoms with Crippen LogP contribution in [0.2, 0.25) is 0 Å². The van der Waals surface area contributed by atoms with Gasteiger partial charge in [0.1, 0.15) is 6.61 Å². The molecule has 0 aromatic heterocycles. The summed E-state index contributed by atoms with van der Waals surface area (Å²) in [5.41, 5.74) is 0. The zero-order chi connectivity index (χ0) is 27.6. The lowest BCUT2D eigenvalue weighted by Crippen LogP contribution is -2.29. The fourth-order valence-corrected chi connectivity index (χ4v) is 4.50. The minimum Gasteiger partial charge on any atom is -0.462 e. The van der Waals surface area contributed by atoms with Gasteiger partial charge in [0.25, 0.3) is 0 Å². The molecular formula is C28H55O8P. The number of hydrogen-bond acceptors (Lipinski definition) is 6. The third kappa shape index (κ3) is 27.9. The summed E-state index contributed by atoms with van der Waals surface area (Å²) in [6, 6.07) is 0. The molecule has 37 heavy (non-hydrogen) atoms. The first-order chi connectivity index (χ1) is 17.8. The Kier molecular flexibility index (Phi) is 24.7. The maximum atomic E-state index is 12.2. The van der Waals surface area contributed by atoms with E-state index in [1.807, 2.05) is 0 Å². The van der Waals surface area contributed by atoms with Crippen LogP contribution in [0.5, 0.6) is 0 Å². The highest BCUT2D eigenvalue weighted by Crippen LogP contribution is 2.35. The second-order valence-corrected chi connectivity index (χ2v) is 11.3. The number of rotatable bonds is 27. The van der Waals surface area contributed by atoms with Gasteiger partial charge in [-0.25, -0.2) is 4.57 Å². The summed E-state index contributed by atoms with van der Waals surface area (Å²) in [4.78, 5) is 42.2. The molecule has 1 unspecified atom stereocenters. The predicted molar refractivity (Wildman–Crippen MR) is 147 cm³/mol. The molecular weight excluding hydrogens is 495 g/mol. The molecule has 0 radical (unpaired) electrons. The zero-order valence-electron chi connectivity index (χ0n) is 23.6. The quantitative estimate of drug-likeness (QED) is 0.0604. The molecule has 0 saturated carbocycles. The highest BCUT2D eigenvalue weighted by atomic mass is 31.2. The minimum absolute atomic E-state index is 0.218. The van der Waals surface area contributed by atoms with E-state index >= 15 is 0 Å². The number of unbranched alkanes of at least 4 members (excludes halogenated alkanes) is 17. The van der Waals surface area contributed by atoms with Crippen LogP contribution >= 0.6 is 7.82 Å². The SMILES string of the molecule is CCCCCCCCCCCCCC(=O)OC(COC(=O)CCCCCCCCCC)COP(=O)(O)O. The summed E-state index contributed by atoms with van der Waals surface area (Å²) >= 11 is 0. The van der Waals surface area contributed by atoms with E-state index < -0.39 is 32.5 Å². The molecule has 0 saturated heterocycles. The van der Waals surface area contributed by atoms with Crippen LogP contribution in [0.25, 0.3) is 0 Å². The molecule has 0 rings (SSSR count). The number of carbonyl (C=O) groups excluding carboxylic acids is 2. The lowest BCUT2D eigenvalue weighted by Gasteiger charge is -2.18. The molecule has 220 valence electrons. The molecule has 0 aromatic carbocycles. The summed E-state index contributed by atoms with van der Waals surface area (Å²) in [6.45, 7) is 3.61. The average Bonchev–Trinajstić information content (AvgIpc) is 2.85. The van der Waals surface area contributed by atoms with Gasteiger partial charge in [-0.2, -0.15) is 0 Å². The molecule has 0 aliphatic rings. The molecule has 9 heteroatoms. The fraction of sp³-hybridized carbons (Fsp3) is 0.929. The molecule has 0 heterocycles. The Morgan fingerprint density at radius 2 is 0.973 bits per heavy atom. The van der Waals surface area contributed by atoms with Crippen LogP contribution in [0, 0.1) is 0 Å². The summed E-state index contributed by atoms with van der Waals surface area (Å²) in [5, 5.41) is 0. The largest absolute Gasteiger partial charge is 0.469 e. The van der Waals surface area contributed by atoms with Crippen LogP contribution in [0.4, 0.5) is 0 Å². The van der Waals surface area contributed by atoms with Gasteiger partial charge in [0.2, 0.25) is 0 Å². The van der Waals surface area contributed by atoms with E-state index in [9.17, 15) is 14.2 Å². The van der Waals surface area contributed by atoms with Crippen molar-refractivity contribution in [1.29, 1.82) is 0 Å². The van der Waals surface area contributed by atoms with Crippen molar-refractivity contribution < 1.29 is 37.9 Å². The molecule has 0 aliphatic heterocycles. The van der Waals surface area contributed by atoms with Crippen LogP contribution < -0.4 is 0 Å². The Morgan fingerprint density at radius 3 is 1.38 bits per heavy atom. The van der Waals surface area contributed by atoms with E-state index in [0.717, 1.165) is 38.5 Å². The number of phosphoric ester groups is 1. The number of hydrogen-bond donors (Lipinski definition) is 2. The van der Waals surface area contributed by atoms with Gasteiger partial charge in [-0.05, 0) is 12.8 Å². The van der Waals surface area contributed by atoms with E-state index in [1.165, 1.54) is 77.0 Å². The first-order valence-electron chi connectivity index (χ1n) is 14.8. The third-order valence-corrected chi connectivity index (χ3v) is 6.86. The van der Waals surface area contributed by atoms with Gasteiger partial charge in [0.15, 0.2) is 6.10 Å². The van der Waals surface area contributed by atoms with E-state index in [2.05, 4.69) is 18.4 Å². The lowest BCUT2D eigenvalue weighted by molar-refractivity contribution is -0.161. The molecule has 0 bridgehead atoms. The van der Waals surface area contributed by atoms with Crippen LogP contribution in [0.3, 0.4) is 0 Å². The Labute approximate surface area is 225 Å². The monoisotopic (exact) mass is 550 g/mol. The molecule has 0 spiro atoms. The molecule has 2 N–H and O–H groups in total. The van der Waals surface area contributed by atoms with E-state index in [4.69, 9.17) is 19.3 Å². The molecule has 8 nitrogen and oxygen atoms in total. The van der Waals surface area contributed by atoms with Crippen molar-refractivity contribution >= 4 is 19.8 Å². The standard InChI is InChI=1S/C28H55O8P/c1-3-5-7-9-11-13-14-15-17-19-21-23-28(30)36-26(25-35-37(31,32)33)24-34-27(29)22-20-18-16-12-10-8-6-4-2/h26H,3-25H2,1-2H3,(H2,31,32,33). The fourth-order valence-electron chi connectivity index (χ4n) is 4.14. The topological polar surface area (TPSA) is 119 Å². The Morgan fingerprint density at radius 1 is 0.595 bits per heavy atom. The maximum absolute atomic E-state index is 12.2. The highest BCUT2D eigenvalue weighted by Gasteiger charge is 2.22. The number of esters is 2. The van der Waals surface area contributed by atoms with Gasteiger partial charge < -0.3 is 19.3 Å². The number of phosphoric acid groups is 1. The first kappa shape index (κ1) is 36.0. The molecule has 0 aliphatic carbocycles. The number of ether oxygens (including phenoxy) is 2. The van der Waals surface area contributed by atoms with Gasteiger partial charge in [-0.3, -0.25) is 14.1 Å². The summed E-state index contributed by atoms with van der Waals surface area (Å²) in [6.07, 6.45) is 21.3. The predicted octanol–water partition coefficient (Wildman–Crippen LogP) is 7.78. The third-order valence-electron chi connectivity index (χ3n) is 6.38. The van der Waals surface area contributed by atoms with E-state index in [1.54, 1.807) is 0 Å².